The summed E-state index contributed by atoms with van der Waals surface area (Å²) in [6.07, 6.45) is 0.143. The number of nitrogens with one attached hydrogen (secondary N) is 1. The number of aryl methyl sites for hydroxylation is 1. The van der Waals surface area contributed by atoms with Crippen LogP contribution in [-0.4, -0.2) is 22.3 Å². The maximum atomic E-state index is 12.2. The van der Waals surface area contributed by atoms with E-state index < -0.39 is 0 Å². The number of carbonyl (C=O) groups excluding carboxylic acids is 1. The number of amides is 1. The summed E-state index contributed by atoms with van der Waals surface area (Å²) in [6.45, 7) is 3.06. The van der Waals surface area contributed by atoms with E-state index in [1.54, 1.807) is 12.1 Å². The number of benzene rings is 2. The quantitative estimate of drug-likeness (QED) is 0.613. The molecule has 1 amide bonds. The van der Waals surface area contributed by atoms with Gasteiger partial charge in [-0.25, -0.2) is 4.68 Å². The van der Waals surface area contributed by atoms with E-state index in [1.807, 2.05) is 49.4 Å². The van der Waals surface area contributed by atoms with Gasteiger partial charge >= 0.3 is 0 Å². The Morgan fingerprint density at radius 3 is 2.59 bits per heavy atom. The lowest BCUT2D eigenvalue weighted by Gasteiger charge is -2.09. The van der Waals surface area contributed by atoms with Crippen LogP contribution >= 0.6 is 11.6 Å². The Morgan fingerprint density at radius 2 is 1.86 bits per heavy atom. The van der Waals surface area contributed by atoms with Crippen molar-refractivity contribution in [3.8, 4) is 17.0 Å². The summed E-state index contributed by atoms with van der Waals surface area (Å²) < 4.78 is 6.74. The van der Waals surface area contributed by atoms with Crippen molar-refractivity contribution in [3.63, 3.8) is 0 Å². The first-order valence-electron chi connectivity index (χ1n) is 9.38. The van der Waals surface area contributed by atoms with Gasteiger partial charge in [0, 0.05) is 29.6 Å². The summed E-state index contributed by atoms with van der Waals surface area (Å²) in [5.74, 6) is 0.602. The van der Waals surface area contributed by atoms with Gasteiger partial charge in [0.25, 0.3) is 5.56 Å². The zero-order valence-electron chi connectivity index (χ0n) is 16.1. The van der Waals surface area contributed by atoms with E-state index in [2.05, 4.69) is 10.4 Å². The molecule has 3 rings (SSSR count). The molecule has 1 aromatic heterocycles. The van der Waals surface area contributed by atoms with Crippen molar-refractivity contribution in [2.45, 2.75) is 26.4 Å². The number of rotatable bonds is 8. The third kappa shape index (κ3) is 5.68. The van der Waals surface area contributed by atoms with Gasteiger partial charge in [-0.05, 0) is 48.9 Å². The molecule has 0 atom stereocenters. The van der Waals surface area contributed by atoms with Crippen LogP contribution in [0.1, 0.15) is 18.9 Å². The van der Waals surface area contributed by atoms with E-state index in [0.717, 1.165) is 16.9 Å². The predicted octanol–water partition coefficient (Wildman–Crippen LogP) is 3.67. The molecule has 0 saturated carbocycles. The third-order valence-corrected chi connectivity index (χ3v) is 4.68. The zero-order valence-corrected chi connectivity index (χ0v) is 16.9. The fourth-order valence-corrected chi connectivity index (χ4v) is 2.99. The van der Waals surface area contributed by atoms with Gasteiger partial charge in [-0.2, -0.15) is 5.10 Å². The summed E-state index contributed by atoms with van der Waals surface area (Å²) in [6, 6.07) is 18.0. The first kappa shape index (κ1) is 20.6. The third-order valence-electron chi connectivity index (χ3n) is 4.31. The molecular formula is C22H22ClN3O3. The topological polar surface area (TPSA) is 73.2 Å². The molecule has 0 saturated heterocycles. The first-order chi connectivity index (χ1) is 14.1. The van der Waals surface area contributed by atoms with Gasteiger partial charge in [0.05, 0.1) is 18.8 Å². The number of nitrogens with zero attached hydrogens (tertiary/aromatic N) is 2. The highest BCUT2D eigenvalue weighted by Crippen LogP contribution is 2.20. The molecule has 29 heavy (non-hydrogen) atoms. The summed E-state index contributed by atoms with van der Waals surface area (Å²) in [4.78, 5) is 24.3. The second-order valence-corrected chi connectivity index (χ2v) is 6.76. The van der Waals surface area contributed by atoms with Crippen LogP contribution in [0.2, 0.25) is 5.02 Å². The standard InChI is InChI=1S/C22H22ClN3O3/c1-2-29-18-9-7-16(8-10-18)20-11-12-22(28)26(25-20)14-13-21(27)24-15-17-5-3-4-6-19(17)23/h3-12H,2,13-15H2,1H3,(H,24,27). The molecule has 0 unspecified atom stereocenters. The van der Waals surface area contributed by atoms with Crippen LogP contribution in [0.4, 0.5) is 0 Å². The molecule has 3 aromatic rings. The van der Waals surface area contributed by atoms with E-state index in [1.165, 1.54) is 10.7 Å². The Labute approximate surface area is 174 Å². The van der Waals surface area contributed by atoms with Crippen molar-refractivity contribution in [2.24, 2.45) is 0 Å². The Kier molecular flexibility index (Phi) is 7.03. The van der Waals surface area contributed by atoms with E-state index in [-0.39, 0.29) is 24.4 Å². The molecule has 0 aliphatic heterocycles. The highest BCUT2D eigenvalue weighted by Gasteiger charge is 2.08. The van der Waals surface area contributed by atoms with Gasteiger partial charge in [-0.3, -0.25) is 9.59 Å². The van der Waals surface area contributed by atoms with Crippen molar-refractivity contribution in [1.82, 2.24) is 15.1 Å². The van der Waals surface area contributed by atoms with Crippen molar-refractivity contribution >= 4 is 17.5 Å². The van der Waals surface area contributed by atoms with Crippen LogP contribution in [0.5, 0.6) is 5.75 Å². The van der Waals surface area contributed by atoms with Gasteiger partial charge in [0.1, 0.15) is 5.75 Å². The van der Waals surface area contributed by atoms with E-state index in [0.29, 0.717) is 23.9 Å². The van der Waals surface area contributed by atoms with Crippen molar-refractivity contribution < 1.29 is 9.53 Å². The molecule has 0 bridgehead atoms. The van der Waals surface area contributed by atoms with Crippen molar-refractivity contribution in [2.75, 3.05) is 6.61 Å². The minimum atomic E-state index is -0.251. The average Bonchev–Trinajstić information content (AvgIpc) is 2.73. The van der Waals surface area contributed by atoms with Gasteiger partial charge < -0.3 is 10.1 Å². The highest BCUT2D eigenvalue weighted by atomic mass is 35.5. The first-order valence-corrected chi connectivity index (χ1v) is 9.76. The molecule has 150 valence electrons. The number of hydrogen-bond acceptors (Lipinski definition) is 4. The zero-order chi connectivity index (χ0) is 20.6. The number of aromatic nitrogens is 2. The summed E-state index contributed by atoms with van der Waals surface area (Å²) in [7, 11) is 0. The summed E-state index contributed by atoms with van der Waals surface area (Å²) in [5, 5.41) is 7.80. The Bertz CT molecular complexity index is 1030. The second-order valence-electron chi connectivity index (χ2n) is 6.36. The Morgan fingerprint density at radius 1 is 1.10 bits per heavy atom. The molecule has 0 aliphatic carbocycles. The molecule has 7 heteroatoms. The van der Waals surface area contributed by atoms with E-state index >= 15 is 0 Å². The lowest BCUT2D eigenvalue weighted by molar-refractivity contribution is -0.121. The molecule has 1 heterocycles. The molecule has 0 radical (unpaired) electrons. The second kappa shape index (κ2) is 9.89. The Hall–Kier alpha value is -3.12. The lowest BCUT2D eigenvalue weighted by atomic mass is 10.1. The number of halogens is 1. The SMILES string of the molecule is CCOc1ccc(-c2ccc(=O)n(CCC(=O)NCc3ccccc3Cl)n2)cc1. The van der Waals surface area contributed by atoms with Crippen LogP contribution in [0.3, 0.4) is 0 Å². The predicted molar refractivity (Wildman–Crippen MR) is 113 cm³/mol. The van der Waals surface area contributed by atoms with Gasteiger partial charge in [-0.15, -0.1) is 0 Å². The monoisotopic (exact) mass is 411 g/mol. The molecule has 1 N–H and O–H groups in total. The van der Waals surface area contributed by atoms with Crippen LogP contribution < -0.4 is 15.6 Å². The van der Waals surface area contributed by atoms with Crippen LogP contribution in [0, 0.1) is 0 Å². The maximum Gasteiger partial charge on any atom is 0.266 e. The van der Waals surface area contributed by atoms with E-state index in [4.69, 9.17) is 16.3 Å². The number of hydrogen-bond donors (Lipinski definition) is 1. The van der Waals surface area contributed by atoms with Gasteiger partial charge in [-0.1, -0.05) is 29.8 Å². The minimum Gasteiger partial charge on any atom is -0.494 e. The smallest absolute Gasteiger partial charge is 0.266 e. The molecule has 0 aliphatic rings. The van der Waals surface area contributed by atoms with Gasteiger partial charge in [0.2, 0.25) is 5.91 Å². The summed E-state index contributed by atoms with van der Waals surface area (Å²) in [5.41, 5.74) is 2.11. The fraction of sp³-hybridized carbons (Fsp3) is 0.227. The van der Waals surface area contributed by atoms with Crippen LogP contribution in [0.15, 0.2) is 65.5 Å². The fourth-order valence-electron chi connectivity index (χ4n) is 2.78. The Balaban J connectivity index is 1.62. The van der Waals surface area contributed by atoms with Crippen LogP contribution in [-0.2, 0) is 17.9 Å². The highest BCUT2D eigenvalue weighted by molar-refractivity contribution is 6.31. The largest absolute Gasteiger partial charge is 0.494 e. The van der Waals surface area contributed by atoms with Gasteiger partial charge in [0.15, 0.2) is 0 Å². The van der Waals surface area contributed by atoms with Crippen molar-refractivity contribution in [3.05, 3.63) is 81.6 Å². The number of carbonyl (C=O) groups is 1. The maximum absolute atomic E-state index is 12.2. The number of ether oxygens (including phenoxy) is 1. The van der Waals surface area contributed by atoms with E-state index in [9.17, 15) is 9.59 Å². The summed E-state index contributed by atoms with van der Waals surface area (Å²) >= 11 is 6.09. The molecule has 0 spiro atoms. The van der Waals surface area contributed by atoms with Crippen LogP contribution in [0.25, 0.3) is 11.3 Å². The minimum absolute atomic E-state index is 0.143. The average molecular weight is 412 g/mol. The molecule has 0 fully saturated rings. The normalized spacial score (nSPS) is 10.6. The molecule has 6 nitrogen and oxygen atoms in total. The van der Waals surface area contributed by atoms with Crippen molar-refractivity contribution in [1.29, 1.82) is 0 Å². The lowest BCUT2D eigenvalue weighted by Crippen LogP contribution is -2.28. The molecule has 2 aromatic carbocycles. The molecular weight excluding hydrogens is 390 g/mol.